The van der Waals surface area contributed by atoms with Gasteiger partial charge in [0.1, 0.15) is 22.4 Å². The predicted octanol–water partition coefficient (Wildman–Crippen LogP) is 4.05. The topological polar surface area (TPSA) is 124 Å². The summed E-state index contributed by atoms with van der Waals surface area (Å²) in [5, 5.41) is 5.96. The number of thioether (sulfide) groups is 1. The average molecular weight is 512 g/mol. The van der Waals surface area contributed by atoms with E-state index in [1.807, 2.05) is 6.26 Å². The highest BCUT2D eigenvalue weighted by Crippen LogP contribution is 2.34. The van der Waals surface area contributed by atoms with Crippen molar-refractivity contribution in [3.8, 4) is 5.75 Å². The average Bonchev–Trinajstić information content (AvgIpc) is 3.30. The SMILES string of the molecule is COC(=O)N[C@@H](CCSC)C(=O)Oc1ccc(Nc2nc3c(s2)C(=O)c2ccccc2C3=O)cc1. The Hall–Kier alpha value is -3.70. The Morgan fingerprint density at radius 1 is 1.06 bits per heavy atom. The fraction of sp³-hybridized carbons (Fsp3) is 0.208. The van der Waals surface area contributed by atoms with E-state index in [1.54, 1.807) is 60.3 Å². The van der Waals surface area contributed by atoms with Gasteiger partial charge in [-0.1, -0.05) is 35.6 Å². The number of fused-ring (bicyclic) bond motifs is 2. The first-order valence-corrected chi connectivity index (χ1v) is 12.7. The molecular formula is C24H21N3O6S2. The van der Waals surface area contributed by atoms with Gasteiger partial charge in [-0.05, 0) is 42.7 Å². The van der Waals surface area contributed by atoms with E-state index in [0.717, 1.165) is 11.3 Å². The van der Waals surface area contributed by atoms with E-state index in [1.165, 1.54) is 7.11 Å². The second kappa shape index (κ2) is 10.7. The van der Waals surface area contributed by atoms with Crippen LogP contribution in [0.2, 0.25) is 0 Å². The lowest BCUT2D eigenvalue weighted by Crippen LogP contribution is -2.43. The second-order valence-electron chi connectivity index (χ2n) is 7.44. The maximum Gasteiger partial charge on any atom is 0.407 e. The Morgan fingerprint density at radius 3 is 2.40 bits per heavy atom. The van der Waals surface area contributed by atoms with Crippen LogP contribution in [0.5, 0.6) is 5.75 Å². The Balaban J connectivity index is 1.44. The van der Waals surface area contributed by atoms with E-state index in [9.17, 15) is 19.2 Å². The number of amides is 1. The van der Waals surface area contributed by atoms with Gasteiger partial charge in [-0.15, -0.1) is 0 Å². The van der Waals surface area contributed by atoms with Crippen LogP contribution in [0.25, 0.3) is 0 Å². The van der Waals surface area contributed by atoms with Crippen molar-refractivity contribution in [2.75, 3.05) is 24.4 Å². The zero-order valence-corrected chi connectivity index (χ0v) is 20.5. The van der Waals surface area contributed by atoms with Crippen LogP contribution in [0.1, 0.15) is 37.7 Å². The van der Waals surface area contributed by atoms with Gasteiger partial charge in [0.25, 0.3) is 0 Å². The minimum Gasteiger partial charge on any atom is -0.453 e. The number of ether oxygens (including phenoxy) is 2. The van der Waals surface area contributed by atoms with E-state index in [2.05, 4.69) is 20.4 Å². The number of aromatic nitrogens is 1. The van der Waals surface area contributed by atoms with Gasteiger partial charge in [0, 0.05) is 16.8 Å². The lowest BCUT2D eigenvalue weighted by atomic mass is 9.91. The molecule has 1 amide bonds. The molecule has 0 saturated carbocycles. The van der Waals surface area contributed by atoms with Crippen molar-refractivity contribution < 1.29 is 28.7 Å². The molecule has 2 N–H and O–H groups in total. The molecule has 11 heteroatoms. The van der Waals surface area contributed by atoms with Crippen molar-refractivity contribution >= 4 is 57.5 Å². The van der Waals surface area contributed by atoms with Gasteiger partial charge in [-0.2, -0.15) is 11.8 Å². The fourth-order valence-electron chi connectivity index (χ4n) is 3.41. The number of thiazole rings is 1. The molecule has 35 heavy (non-hydrogen) atoms. The van der Waals surface area contributed by atoms with E-state index in [0.29, 0.717) is 44.7 Å². The molecule has 0 spiro atoms. The molecule has 0 saturated heterocycles. The third-order valence-corrected chi connectivity index (χ3v) is 6.77. The van der Waals surface area contributed by atoms with Gasteiger partial charge in [-0.25, -0.2) is 14.6 Å². The maximum absolute atomic E-state index is 12.8. The Kier molecular flexibility index (Phi) is 7.47. The summed E-state index contributed by atoms with van der Waals surface area (Å²) in [4.78, 5) is 54.2. The molecule has 180 valence electrons. The number of alkyl carbamates (subject to hydrolysis) is 1. The van der Waals surface area contributed by atoms with Crippen LogP contribution in [0.15, 0.2) is 48.5 Å². The molecule has 1 aliphatic rings. The van der Waals surface area contributed by atoms with Crippen LogP contribution in [0.4, 0.5) is 15.6 Å². The highest BCUT2D eigenvalue weighted by molar-refractivity contribution is 7.98. The van der Waals surface area contributed by atoms with Crippen LogP contribution in [-0.2, 0) is 9.53 Å². The molecule has 0 radical (unpaired) electrons. The number of carbonyl (C=O) groups excluding carboxylic acids is 4. The first-order chi connectivity index (χ1) is 16.9. The highest BCUT2D eigenvalue weighted by atomic mass is 32.2. The Morgan fingerprint density at radius 2 is 1.74 bits per heavy atom. The summed E-state index contributed by atoms with van der Waals surface area (Å²) < 4.78 is 9.98. The van der Waals surface area contributed by atoms with Crippen molar-refractivity contribution in [3.63, 3.8) is 0 Å². The molecule has 0 bridgehead atoms. The van der Waals surface area contributed by atoms with E-state index < -0.39 is 18.1 Å². The standard InChI is InChI=1S/C24H21N3O6S2/c1-32-24(31)26-17(11-12-34-2)22(30)33-14-9-7-13(8-10-14)25-23-27-18-19(28)15-5-3-4-6-16(15)20(29)21(18)35-23/h3-10,17H,11-12H2,1-2H3,(H,25,27)(H,26,31)/t17-/m0/s1. The third-order valence-electron chi connectivity index (χ3n) is 5.16. The van der Waals surface area contributed by atoms with Crippen molar-refractivity contribution in [2.24, 2.45) is 0 Å². The third kappa shape index (κ3) is 5.36. The number of hydrogen-bond acceptors (Lipinski definition) is 10. The summed E-state index contributed by atoms with van der Waals surface area (Å²) in [6.45, 7) is 0. The fourth-order valence-corrected chi connectivity index (χ4v) is 4.82. The van der Waals surface area contributed by atoms with Crippen molar-refractivity contribution in [3.05, 3.63) is 70.2 Å². The molecular weight excluding hydrogens is 490 g/mol. The smallest absolute Gasteiger partial charge is 0.407 e. The number of rotatable bonds is 8. The van der Waals surface area contributed by atoms with Crippen molar-refractivity contribution in [2.45, 2.75) is 12.5 Å². The zero-order valence-electron chi connectivity index (χ0n) is 18.8. The van der Waals surface area contributed by atoms with Crippen LogP contribution in [-0.4, -0.2) is 53.8 Å². The summed E-state index contributed by atoms with van der Waals surface area (Å²) in [7, 11) is 1.22. The van der Waals surface area contributed by atoms with Crippen molar-refractivity contribution in [1.29, 1.82) is 0 Å². The number of methoxy groups -OCH3 is 1. The number of esters is 1. The van der Waals surface area contributed by atoms with Crippen LogP contribution in [0.3, 0.4) is 0 Å². The van der Waals surface area contributed by atoms with E-state index >= 15 is 0 Å². The number of anilines is 2. The van der Waals surface area contributed by atoms with Gasteiger partial charge in [0.2, 0.25) is 11.6 Å². The Bertz CT molecular complexity index is 1240. The minimum atomic E-state index is -0.839. The van der Waals surface area contributed by atoms with Crippen molar-refractivity contribution in [1.82, 2.24) is 10.3 Å². The molecule has 1 aromatic heterocycles. The molecule has 0 unspecified atom stereocenters. The summed E-state index contributed by atoms with van der Waals surface area (Å²) in [6.07, 6.45) is 1.58. The lowest BCUT2D eigenvalue weighted by Gasteiger charge is -2.16. The van der Waals surface area contributed by atoms with Crippen LogP contribution >= 0.6 is 23.1 Å². The molecule has 1 heterocycles. The van der Waals surface area contributed by atoms with E-state index in [4.69, 9.17) is 4.74 Å². The summed E-state index contributed by atoms with van der Waals surface area (Å²) in [5.41, 5.74) is 1.50. The number of nitrogens with one attached hydrogen (secondary N) is 2. The van der Waals surface area contributed by atoms with Gasteiger partial charge < -0.3 is 20.1 Å². The summed E-state index contributed by atoms with van der Waals surface area (Å²) in [6, 6.07) is 12.4. The van der Waals surface area contributed by atoms with Gasteiger partial charge in [0.05, 0.1) is 7.11 Å². The second-order valence-corrected chi connectivity index (χ2v) is 9.43. The number of ketones is 2. The molecule has 0 fully saturated rings. The molecule has 3 aromatic rings. The number of nitrogens with zero attached hydrogens (tertiary/aromatic N) is 1. The Labute approximate surface area is 209 Å². The minimum absolute atomic E-state index is 0.140. The van der Waals surface area contributed by atoms with Crippen LogP contribution in [0, 0.1) is 0 Å². The summed E-state index contributed by atoms with van der Waals surface area (Å²) in [5.74, 6) is -0.159. The lowest BCUT2D eigenvalue weighted by molar-refractivity contribution is -0.136. The highest BCUT2D eigenvalue weighted by Gasteiger charge is 2.33. The molecule has 9 nitrogen and oxygen atoms in total. The largest absolute Gasteiger partial charge is 0.453 e. The van der Waals surface area contributed by atoms with Gasteiger partial charge in [0.15, 0.2) is 5.13 Å². The number of carbonyl (C=O) groups is 4. The monoisotopic (exact) mass is 511 g/mol. The predicted molar refractivity (Wildman–Crippen MR) is 133 cm³/mol. The normalized spacial score (nSPS) is 12.9. The van der Waals surface area contributed by atoms with Gasteiger partial charge in [-0.3, -0.25) is 9.59 Å². The molecule has 0 aliphatic heterocycles. The van der Waals surface area contributed by atoms with E-state index in [-0.39, 0.29) is 17.3 Å². The molecule has 1 aliphatic carbocycles. The van der Waals surface area contributed by atoms with Crippen LogP contribution < -0.4 is 15.4 Å². The first-order valence-electron chi connectivity index (χ1n) is 10.5. The van der Waals surface area contributed by atoms with Gasteiger partial charge >= 0.3 is 12.1 Å². The molecule has 4 rings (SSSR count). The zero-order chi connectivity index (χ0) is 24.9. The molecule has 2 aromatic carbocycles. The number of benzene rings is 2. The maximum atomic E-state index is 12.8. The molecule has 1 atom stereocenters. The first kappa shape index (κ1) is 24.4. The summed E-state index contributed by atoms with van der Waals surface area (Å²) >= 11 is 2.65. The quantitative estimate of drug-likeness (QED) is 0.266. The number of hydrogen-bond donors (Lipinski definition) is 2.